The fourth-order valence-electron chi connectivity index (χ4n) is 5.43. The molecule has 0 saturated carbocycles. The number of nitrogens with zero attached hydrogens (tertiary/aromatic N) is 4. The number of amides is 6. The molecule has 6 amide bonds. The summed E-state index contributed by atoms with van der Waals surface area (Å²) in [4.78, 5) is 88.0. The first-order valence-corrected chi connectivity index (χ1v) is 24.4. The SMILES string of the molecule is CN(CCO)C(=O)c1c(I)c(C(=O)NCC(O)CO)c(I)c(N(CCO)C(=O)C(O)C(=O)N(CCO)c2c(I)c(C(=O)NCC(O)CO)c(I)c(C(=O)N(C)CCO)c2I)c1I. The molecule has 0 spiro atoms. The largest absolute Gasteiger partial charge is 0.395 e. The predicted octanol–water partition coefficient (Wildman–Crippen LogP) is -1.68. The number of nitrogens with one attached hydrogen (secondary N) is 2. The molecule has 0 radical (unpaired) electrons. The molecule has 0 aliphatic rings. The minimum atomic E-state index is -2.65. The molecule has 0 fully saturated rings. The maximum atomic E-state index is 14.5. The summed E-state index contributed by atoms with van der Waals surface area (Å²) in [5.41, 5.74) is -1.02. The van der Waals surface area contributed by atoms with Crippen molar-refractivity contribution >= 4 is 182 Å². The van der Waals surface area contributed by atoms with E-state index in [9.17, 15) is 74.7 Å². The Hall–Kier alpha value is -0.720. The zero-order valence-electron chi connectivity index (χ0n) is 32.7. The van der Waals surface area contributed by atoms with Gasteiger partial charge in [-0.1, -0.05) is 0 Å². The summed E-state index contributed by atoms with van der Waals surface area (Å²) in [5, 5.41) is 94.7. The molecule has 0 aliphatic carbocycles. The van der Waals surface area contributed by atoms with Crippen molar-refractivity contribution in [2.75, 3.05) is 103 Å². The van der Waals surface area contributed by atoms with Gasteiger partial charge in [0.25, 0.3) is 35.4 Å². The highest BCUT2D eigenvalue weighted by Gasteiger charge is 2.40. The van der Waals surface area contributed by atoms with Crippen LogP contribution >= 0.6 is 136 Å². The lowest BCUT2D eigenvalue weighted by Crippen LogP contribution is -2.52. The van der Waals surface area contributed by atoms with Crippen molar-refractivity contribution in [2.24, 2.45) is 0 Å². The normalized spacial score (nSPS) is 12.6. The summed E-state index contributed by atoms with van der Waals surface area (Å²) >= 11 is 10.4. The van der Waals surface area contributed by atoms with Gasteiger partial charge in [0.15, 0.2) is 0 Å². The van der Waals surface area contributed by atoms with E-state index in [1.54, 1.807) is 136 Å². The summed E-state index contributed by atoms with van der Waals surface area (Å²) < 4.78 is 0.229. The molecule has 2 aromatic carbocycles. The number of halogens is 6. The van der Waals surface area contributed by atoms with Gasteiger partial charge in [-0.2, -0.15) is 0 Å². The zero-order chi connectivity index (χ0) is 47.3. The molecule has 21 nitrogen and oxygen atoms in total. The topological polar surface area (TPSA) is 322 Å². The molecule has 11 N–H and O–H groups in total. The molecular weight excluding hydrogens is 1510 g/mol. The number of anilines is 2. The number of aliphatic hydroxyl groups is 9. The van der Waals surface area contributed by atoms with Crippen molar-refractivity contribution in [3.63, 3.8) is 0 Å². The van der Waals surface area contributed by atoms with Gasteiger partial charge in [0.2, 0.25) is 6.10 Å². The van der Waals surface area contributed by atoms with E-state index in [0.29, 0.717) is 0 Å². The Balaban J connectivity index is 2.99. The van der Waals surface area contributed by atoms with E-state index in [0.717, 1.165) is 19.6 Å². The second-order valence-electron chi connectivity index (χ2n) is 12.9. The van der Waals surface area contributed by atoms with Gasteiger partial charge >= 0.3 is 0 Å². The molecule has 2 rings (SSSR count). The predicted molar refractivity (Wildman–Crippen MR) is 273 cm³/mol. The van der Waals surface area contributed by atoms with E-state index >= 15 is 0 Å². The molecule has 0 aromatic heterocycles. The van der Waals surface area contributed by atoms with Crippen molar-refractivity contribution < 1.29 is 74.7 Å². The number of benzene rings is 2. The fourth-order valence-corrected chi connectivity index (χ4v) is 14.8. The highest BCUT2D eigenvalue weighted by Crippen LogP contribution is 2.41. The summed E-state index contributed by atoms with van der Waals surface area (Å²) in [6.45, 7) is -6.13. The third-order valence-electron chi connectivity index (χ3n) is 8.64. The first-order chi connectivity index (χ1) is 29.1. The van der Waals surface area contributed by atoms with Gasteiger partial charge in [0.1, 0.15) is 0 Å². The molecule has 0 saturated heterocycles. The Kier molecular flexibility index (Phi) is 25.2. The Bertz CT molecular complexity index is 1860. The third kappa shape index (κ3) is 13.7. The van der Waals surface area contributed by atoms with Gasteiger partial charge in [-0.3, -0.25) is 28.8 Å². The minimum absolute atomic E-state index is 0.00117. The molecule has 0 bridgehead atoms. The first-order valence-electron chi connectivity index (χ1n) is 17.9. The lowest BCUT2D eigenvalue weighted by Gasteiger charge is -2.32. The van der Waals surface area contributed by atoms with E-state index in [2.05, 4.69) is 10.6 Å². The summed E-state index contributed by atoms with van der Waals surface area (Å²) in [6, 6.07) is 0. The smallest absolute Gasteiger partial charge is 0.265 e. The Morgan fingerprint density at radius 2 is 0.774 bits per heavy atom. The highest BCUT2D eigenvalue weighted by atomic mass is 127. The van der Waals surface area contributed by atoms with Crippen molar-refractivity contribution in [2.45, 2.75) is 18.3 Å². The van der Waals surface area contributed by atoms with Gasteiger partial charge in [-0.05, 0) is 136 Å². The Morgan fingerprint density at radius 1 is 0.484 bits per heavy atom. The second-order valence-corrected chi connectivity index (χ2v) is 19.4. The van der Waals surface area contributed by atoms with Crippen molar-refractivity contribution in [3.05, 3.63) is 43.7 Å². The van der Waals surface area contributed by atoms with Crippen LogP contribution in [-0.2, 0) is 9.59 Å². The van der Waals surface area contributed by atoms with E-state index in [4.69, 9.17) is 0 Å². The van der Waals surface area contributed by atoms with Crippen LogP contribution in [-0.4, -0.2) is 203 Å². The quantitative estimate of drug-likeness (QED) is 0.0464. The van der Waals surface area contributed by atoms with Crippen LogP contribution in [0.25, 0.3) is 0 Å². The molecule has 27 heteroatoms. The number of hydrogen-bond donors (Lipinski definition) is 11. The number of rotatable bonds is 22. The second kappa shape index (κ2) is 27.2. The monoisotopic (exact) mass is 1550 g/mol. The fraction of sp³-hybridized carbons (Fsp3) is 0.486. The van der Waals surface area contributed by atoms with Crippen LogP contribution in [0.3, 0.4) is 0 Å². The van der Waals surface area contributed by atoms with Crippen LogP contribution in [0.1, 0.15) is 41.4 Å². The molecule has 2 atom stereocenters. The molecule has 0 aliphatic heterocycles. The van der Waals surface area contributed by atoms with Crippen LogP contribution in [0.2, 0.25) is 0 Å². The van der Waals surface area contributed by atoms with E-state index in [1.165, 1.54) is 14.1 Å². The average Bonchev–Trinajstić information content (AvgIpc) is 3.23. The van der Waals surface area contributed by atoms with Gasteiger partial charge in [0, 0.05) is 60.5 Å². The molecule has 62 heavy (non-hydrogen) atoms. The number of likely N-dealkylation sites (N-methyl/N-ethyl adjacent to an activating group) is 2. The number of aliphatic hydroxyl groups excluding tert-OH is 9. The van der Waals surface area contributed by atoms with E-state index in [-0.39, 0.29) is 68.1 Å². The summed E-state index contributed by atoms with van der Waals surface area (Å²) in [6.07, 6.45) is -5.36. The molecule has 0 heterocycles. The molecule has 2 aromatic rings. The van der Waals surface area contributed by atoms with Crippen LogP contribution in [0.5, 0.6) is 0 Å². The van der Waals surface area contributed by atoms with Crippen LogP contribution < -0.4 is 20.4 Å². The third-order valence-corrected chi connectivity index (χ3v) is 15.0. The van der Waals surface area contributed by atoms with Crippen LogP contribution in [0.4, 0.5) is 11.4 Å². The lowest BCUT2D eigenvalue weighted by atomic mass is 10.0. The van der Waals surface area contributed by atoms with Crippen molar-refractivity contribution in [1.29, 1.82) is 0 Å². The van der Waals surface area contributed by atoms with E-state index in [1.807, 2.05) is 0 Å². The zero-order valence-corrected chi connectivity index (χ0v) is 45.7. The molecular formula is C35H44I6N6O15. The van der Waals surface area contributed by atoms with Gasteiger partial charge in [0.05, 0.1) is 99.8 Å². The number of hydrogen-bond acceptors (Lipinski definition) is 15. The summed E-state index contributed by atoms with van der Waals surface area (Å²) in [5.74, 6) is -5.87. The lowest BCUT2D eigenvalue weighted by molar-refractivity contribution is -0.138. The minimum Gasteiger partial charge on any atom is -0.395 e. The number of carbonyl (C=O) groups is 6. The average molecular weight is 1550 g/mol. The van der Waals surface area contributed by atoms with Gasteiger partial charge < -0.3 is 76.2 Å². The maximum Gasteiger partial charge on any atom is 0.265 e. The Labute approximate surface area is 437 Å². The maximum absolute atomic E-state index is 14.5. The molecule has 346 valence electrons. The molecule has 2 unspecified atom stereocenters. The summed E-state index contributed by atoms with van der Waals surface area (Å²) in [7, 11) is 2.75. The first kappa shape index (κ1) is 57.4. The number of carbonyl (C=O) groups excluding carboxylic acids is 6. The van der Waals surface area contributed by atoms with Crippen molar-refractivity contribution in [1.82, 2.24) is 20.4 Å². The van der Waals surface area contributed by atoms with E-state index < -0.39 is 120 Å². The van der Waals surface area contributed by atoms with Gasteiger partial charge in [-0.15, -0.1) is 0 Å². The highest BCUT2D eigenvalue weighted by molar-refractivity contribution is 14.1. The van der Waals surface area contributed by atoms with Crippen molar-refractivity contribution in [3.8, 4) is 0 Å². The van der Waals surface area contributed by atoms with Crippen LogP contribution in [0.15, 0.2) is 0 Å². The Morgan fingerprint density at radius 3 is 1.05 bits per heavy atom. The van der Waals surface area contributed by atoms with Gasteiger partial charge in [-0.25, -0.2) is 0 Å². The van der Waals surface area contributed by atoms with Crippen LogP contribution in [0, 0.1) is 21.4 Å². The standard InChI is InChI=1S/C35H44I6N6O15/c1-44(3-7-48)32(59)19-21(36)17(30(57)42-11-15(54)13-52)23(38)27(25(19)40)46(5-9-50)34(61)29(56)35(62)47(6-10-51)28-24(39)18(31(58)43-12-16(55)14-53)22(37)20(26(28)41)33(60)45(2)4-8-49/h15-16,29,48-56H,3-14H2,1-2H3,(H,42,57)(H,43,58).